The van der Waals surface area contributed by atoms with E-state index in [1.807, 2.05) is 18.0 Å². The van der Waals surface area contributed by atoms with Crippen LogP contribution in [0.5, 0.6) is 11.5 Å². The topological polar surface area (TPSA) is 61.8 Å². The maximum absolute atomic E-state index is 11.3. The van der Waals surface area contributed by atoms with Crippen molar-refractivity contribution in [3.05, 3.63) is 23.8 Å². The lowest BCUT2D eigenvalue weighted by atomic mass is 10.1. The highest BCUT2D eigenvalue weighted by Crippen LogP contribution is 2.37. The first-order chi connectivity index (χ1) is 8.11. The van der Waals surface area contributed by atoms with Crippen LogP contribution in [-0.4, -0.2) is 43.2 Å². The molecule has 1 unspecified atom stereocenters. The van der Waals surface area contributed by atoms with Gasteiger partial charge in [-0.25, -0.2) is 0 Å². The first-order valence-electron chi connectivity index (χ1n) is 5.48. The number of carbonyl (C=O) groups is 1. The molecule has 2 rings (SSSR count). The minimum absolute atomic E-state index is 0.0280. The van der Waals surface area contributed by atoms with Crippen molar-refractivity contribution in [1.82, 2.24) is 10.2 Å². The number of amides is 1. The van der Waals surface area contributed by atoms with Gasteiger partial charge < -0.3 is 15.2 Å². The van der Waals surface area contributed by atoms with Crippen molar-refractivity contribution in [3.8, 4) is 11.5 Å². The van der Waals surface area contributed by atoms with Crippen molar-refractivity contribution in [2.24, 2.45) is 0 Å². The van der Waals surface area contributed by atoms with E-state index in [4.69, 9.17) is 4.74 Å². The van der Waals surface area contributed by atoms with Gasteiger partial charge in [0.2, 0.25) is 5.91 Å². The van der Waals surface area contributed by atoms with Gasteiger partial charge in [0, 0.05) is 18.7 Å². The van der Waals surface area contributed by atoms with Crippen LogP contribution in [0.25, 0.3) is 0 Å². The fourth-order valence-electron chi connectivity index (χ4n) is 1.96. The lowest BCUT2D eigenvalue weighted by Gasteiger charge is -2.22. The second kappa shape index (κ2) is 4.63. The number of rotatable bonds is 3. The van der Waals surface area contributed by atoms with E-state index in [9.17, 15) is 9.90 Å². The van der Waals surface area contributed by atoms with Crippen LogP contribution in [0.1, 0.15) is 11.6 Å². The SMILES string of the molecule is CNC(=O)CN(C)C1COc2cc(O)ccc21. The van der Waals surface area contributed by atoms with Gasteiger partial charge >= 0.3 is 0 Å². The summed E-state index contributed by atoms with van der Waals surface area (Å²) in [5, 5.41) is 11.9. The molecule has 1 aromatic rings. The highest BCUT2D eigenvalue weighted by atomic mass is 16.5. The zero-order valence-corrected chi connectivity index (χ0v) is 9.93. The molecule has 0 fully saturated rings. The van der Waals surface area contributed by atoms with Gasteiger partial charge in [0.1, 0.15) is 18.1 Å². The van der Waals surface area contributed by atoms with Crippen molar-refractivity contribution in [2.45, 2.75) is 6.04 Å². The average Bonchev–Trinajstić information content (AvgIpc) is 2.71. The Balaban J connectivity index is 2.13. The summed E-state index contributed by atoms with van der Waals surface area (Å²) in [4.78, 5) is 13.2. The molecule has 0 aliphatic carbocycles. The molecule has 5 nitrogen and oxygen atoms in total. The number of nitrogens with one attached hydrogen (secondary N) is 1. The molecule has 1 aromatic carbocycles. The molecule has 5 heteroatoms. The molecule has 1 atom stereocenters. The third-order valence-corrected chi connectivity index (χ3v) is 2.96. The lowest BCUT2D eigenvalue weighted by molar-refractivity contribution is -0.122. The Morgan fingerprint density at radius 3 is 3.12 bits per heavy atom. The van der Waals surface area contributed by atoms with Crippen LogP contribution in [0.3, 0.4) is 0 Å². The summed E-state index contributed by atoms with van der Waals surface area (Å²) in [5.41, 5.74) is 1.01. The zero-order valence-electron chi connectivity index (χ0n) is 9.93. The van der Waals surface area contributed by atoms with Crippen LogP contribution < -0.4 is 10.1 Å². The fourth-order valence-corrected chi connectivity index (χ4v) is 1.96. The van der Waals surface area contributed by atoms with Gasteiger partial charge in [-0.05, 0) is 19.2 Å². The van der Waals surface area contributed by atoms with Crippen LogP contribution in [0.15, 0.2) is 18.2 Å². The number of nitrogens with zero attached hydrogens (tertiary/aromatic N) is 1. The van der Waals surface area contributed by atoms with E-state index in [-0.39, 0.29) is 17.7 Å². The van der Waals surface area contributed by atoms with E-state index < -0.39 is 0 Å². The number of fused-ring (bicyclic) bond motifs is 1. The summed E-state index contributed by atoms with van der Waals surface area (Å²) in [7, 11) is 3.50. The molecular formula is C12H16N2O3. The number of likely N-dealkylation sites (N-methyl/N-ethyl adjacent to an activating group) is 2. The quantitative estimate of drug-likeness (QED) is 0.802. The first-order valence-corrected chi connectivity index (χ1v) is 5.48. The second-order valence-corrected chi connectivity index (χ2v) is 4.14. The van der Waals surface area contributed by atoms with E-state index in [0.29, 0.717) is 18.9 Å². The van der Waals surface area contributed by atoms with Gasteiger partial charge in [-0.3, -0.25) is 9.69 Å². The summed E-state index contributed by atoms with van der Waals surface area (Å²) < 4.78 is 5.49. The predicted molar refractivity (Wildman–Crippen MR) is 63.0 cm³/mol. The molecule has 0 aromatic heterocycles. The summed E-state index contributed by atoms with van der Waals surface area (Å²) >= 11 is 0. The van der Waals surface area contributed by atoms with Crippen molar-refractivity contribution < 1.29 is 14.6 Å². The van der Waals surface area contributed by atoms with E-state index in [2.05, 4.69) is 5.32 Å². The molecule has 0 saturated heterocycles. The van der Waals surface area contributed by atoms with Crippen molar-refractivity contribution in [1.29, 1.82) is 0 Å². The van der Waals surface area contributed by atoms with Crippen molar-refractivity contribution in [3.63, 3.8) is 0 Å². The van der Waals surface area contributed by atoms with Crippen LogP contribution in [0, 0.1) is 0 Å². The number of ether oxygens (including phenoxy) is 1. The fraction of sp³-hybridized carbons (Fsp3) is 0.417. The van der Waals surface area contributed by atoms with Crippen LogP contribution in [0.2, 0.25) is 0 Å². The van der Waals surface area contributed by atoms with Gasteiger partial charge in [-0.2, -0.15) is 0 Å². The van der Waals surface area contributed by atoms with Crippen molar-refractivity contribution >= 4 is 5.91 Å². The molecule has 1 heterocycles. The second-order valence-electron chi connectivity index (χ2n) is 4.14. The summed E-state index contributed by atoms with van der Waals surface area (Å²) in [5.74, 6) is 0.858. The van der Waals surface area contributed by atoms with Gasteiger partial charge in [0.25, 0.3) is 0 Å². The summed E-state index contributed by atoms with van der Waals surface area (Å²) in [6.45, 7) is 0.830. The number of carbonyl (C=O) groups excluding carboxylic acids is 1. The van der Waals surface area contributed by atoms with Crippen molar-refractivity contribution in [2.75, 3.05) is 27.2 Å². The molecule has 1 aliphatic heterocycles. The predicted octanol–water partition coefficient (Wildman–Crippen LogP) is 0.503. The van der Waals surface area contributed by atoms with Gasteiger partial charge in [0.05, 0.1) is 12.6 Å². The summed E-state index contributed by atoms with van der Waals surface area (Å²) in [6, 6.07) is 5.13. The smallest absolute Gasteiger partial charge is 0.233 e. The monoisotopic (exact) mass is 236 g/mol. The normalized spacial score (nSPS) is 17.7. The molecule has 0 spiro atoms. The summed E-state index contributed by atoms with van der Waals surface area (Å²) in [6.07, 6.45) is 0. The highest BCUT2D eigenvalue weighted by molar-refractivity contribution is 5.77. The van der Waals surface area contributed by atoms with Crippen LogP contribution in [-0.2, 0) is 4.79 Å². The molecule has 0 saturated carbocycles. The Kier molecular flexibility index (Phi) is 3.19. The molecule has 17 heavy (non-hydrogen) atoms. The van der Waals surface area contributed by atoms with Gasteiger partial charge in [0.15, 0.2) is 0 Å². The lowest BCUT2D eigenvalue weighted by Crippen LogP contribution is -2.36. The van der Waals surface area contributed by atoms with E-state index in [1.165, 1.54) is 0 Å². The molecule has 0 bridgehead atoms. The largest absolute Gasteiger partial charge is 0.508 e. The molecule has 1 aliphatic rings. The molecule has 2 N–H and O–H groups in total. The van der Waals surface area contributed by atoms with Crippen LogP contribution >= 0.6 is 0 Å². The standard InChI is InChI=1S/C12H16N2O3/c1-13-12(16)6-14(2)10-7-17-11-5-8(15)3-4-9(10)11/h3-5,10,15H,6-7H2,1-2H3,(H,13,16). The molecule has 1 amide bonds. The molecule has 0 radical (unpaired) electrons. The van der Waals surface area contributed by atoms with E-state index in [0.717, 1.165) is 5.56 Å². The molecular weight excluding hydrogens is 220 g/mol. The van der Waals surface area contributed by atoms with Gasteiger partial charge in [-0.15, -0.1) is 0 Å². The zero-order chi connectivity index (χ0) is 12.4. The van der Waals surface area contributed by atoms with E-state index in [1.54, 1.807) is 19.2 Å². The van der Waals surface area contributed by atoms with Crippen LogP contribution in [0.4, 0.5) is 0 Å². The highest BCUT2D eigenvalue weighted by Gasteiger charge is 2.28. The maximum Gasteiger partial charge on any atom is 0.233 e. The number of hydrogen-bond acceptors (Lipinski definition) is 4. The van der Waals surface area contributed by atoms with Gasteiger partial charge in [-0.1, -0.05) is 0 Å². The number of phenolic OH excluding ortho intramolecular Hbond substituents is 1. The Morgan fingerprint density at radius 1 is 1.65 bits per heavy atom. The Bertz CT molecular complexity index is 434. The number of hydrogen-bond donors (Lipinski definition) is 2. The number of aromatic hydroxyl groups is 1. The maximum atomic E-state index is 11.3. The minimum atomic E-state index is -0.0280. The minimum Gasteiger partial charge on any atom is -0.508 e. The Hall–Kier alpha value is -1.75. The average molecular weight is 236 g/mol. The number of benzene rings is 1. The Morgan fingerprint density at radius 2 is 2.41 bits per heavy atom. The number of phenols is 1. The Labute approximate surface area is 100.0 Å². The van der Waals surface area contributed by atoms with E-state index >= 15 is 0 Å². The third-order valence-electron chi connectivity index (χ3n) is 2.96. The molecule has 92 valence electrons. The third kappa shape index (κ3) is 2.34. The first kappa shape index (κ1) is 11.7.